The first kappa shape index (κ1) is 19.8. The third-order valence-electron chi connectivity index (χ3n) is 5.55. The van der Waals surface area contributed by atoms with Gasteiger partial charge in [0, 0.05) is 18.8 Å². The number of likely N-dealkylation sites (tertiary alicyclic amines) is 1. The Labute approximate surface area is 175 Å². The van der Waals surface area contributed by atoms with Crippen LogP contribution in [0.15, 0.2) is 51.6 Å². The molecule has 152 valence electrons. The fourth-order valence-electron chi connectivity index (χ4n) is 4.13. The van der Waals surface area contributed by atoms with Crippen LogP contribution in [0.2, 0.25) is 0 Å². The number of hydrogen-bond acceptors (Lipinski definition) is 6. The van der Waals surface area contributed by atoms with Crippen LogP contribution in [0.25, 0.3) is 0 Å². The summed E-state index contributed by atoms with van der Waals surface area (Å²) in [6, 6.07) is 7.75. The van der Waals surface area contributed by atoms with Gasteiger partial charge in [-0.1, -0.05) is 41.6 Å². The maximum absolute atomic E-state index is 12.8. The van der Waals surface area contributed by atoms with E-state index in [0.717, 1.165) is 47.9 Å². The summed E-state index contributed by atoms with van der Waals surface area (Å²) in [5.41, 5.74) is 4.15. The Bertz CT molecular complexity index is 944. The van der Waals surface area contributed by atoms with Gasteiger partial charge in [-0.2, -0.15) is 0 Å². The SMILES string of the molecule is COC(=O)C1=C(C)N=C2SC=C(CC(=O)N3CCCC3)N2C1c1cccc(C)c1. The number of aryl methyl sites for hydroxylation is 1. The van der Waals surface area contributed by atoms with Crippen molar-refractivity contribution in [1.82, 2.24) is 9.80 Å². The molecule has 29 heavy (non-hydrogen) atoms. The summed E-state index contributed by atoms with van der Waals surface area (Å²) >= 11 is 1.50. The van der Waals surface area contributed by atoms with E-state index in [1.807, 2.05) is 47.3 Å². The third kappa shape index (κ3) is 3.71. The Hall–Kier alpha value is -2.54. The number of methoxy groups -OCH3 is 1. The fourth-order valence-corrected chi connectivity index (χ4v) is 5.09. The number of hydrogen-bond donors (Lipinski definition) is 0. The van der Waals surface area contributed by atoms with Gasteiger partial charge in [-0.05, 0) is 37.7 Å². The number of nitrogens with zero attached hydrogens (tertiary/aromatic N) is 3. The summed E-state index contributed by atoms with van der Waals surface area (Å²) in [7, 11) is 1.39. The van der Waals surface area contributed by atoms with Crippen LogP contribution < -0.4 is 0 Å². The van der Waals surface area contributed by atoms with Crippen molar-refractivity contribution in [3.8, 4) is 0 Å². The van der Waals surface area contributed by atoms with E-state index in [4.69, 9.17) is 4.74 Å². The lowest BCUT2D eigenvalue weighted by molar-refractivity contribution is -0.136. The molecule has 1 aromatic carbocycles. The number of amidine groups is 1. The van der Waals surface area contributed by atoms with E-state index in [0.29, 0.717) is 17.7 Å². The molecule has 3 heterocycles. The zero-order chi connectivity index (χ0) is 20.5. The lowest BCUT2D eigenvalue weighted by atomic mass is 9.93. The van der Waals surface area contributed by atoms with Crippen LogP contribution in [0, 0.1) is 6.92 Å². The highest BCUT2D eigenvalue weighted by Gasteiger charge is 2.41. The van der Waals surface area contributed by atoms with Crippen molar-refractivity contribution in [1.29, 1.82) is 0 Å². The van der Waals surface area contributed by atoms with Gasteiger partial charge in [-0.25, -0.2) is 9.79 Å². The van der Waals surface area contributed by atoms with Crippen molar-refractivity contribution >= 4 is 28.8 Å². The number of carbonyl (C=O) groups excluding carboxylic acids is 2. The molecule has 0 radical (unpaired) electrons. The van der Waals surface area contributed by atoms with Crippen LogP contribution in [0.3, 0.4) is 0 Å². The molecular formula is C22H25N3O3S. The molecule has 0 saturated carbocycles. The van der Waals surface area contributed by atoms with E-state index < -0.39 is 0 Å². The molecule has 1 unspecified atom stereocenters. The van der Waals surface area contributed by atoms with Gasteiger partial charge in [0.25, 0.3) is 0 Å². The molecule has 4 rings (SSSR count). The molecule has 0 aliphatic carbocycles. The number of rotatable bonds is 4. The highest BCUT2D eigenvalue weighted by molar-refractivity contribution is 8.16. The maximum atomic E-state index is 12.8. The second-order valence-electron chi connectivity index (χ2n) is 7.56. The van der Waals surface area contributed by atoms with Crippen molar-refractivity contribution in [3.63, 3.8) is 0 Å². The normalized spacial score (nSPS) is 21.1. The number of esters is 1. The van der Waals surface area contributed by atoms with Crippen LogP contribution in [0.4, 0.5) is 0 Å². The molecule has 0 N–H and O–H groups in total. The number of allylic oxidation sites excluding steroid dienone is 1. The molecule has 1 amide bonds. The van der Waals surface area contributed by atoms with Crippen LogP contribution in [-0.2, 0) is 14.3 Å². The number of aliphatic imine (C=N–C) groups is 1. The number of ether oxygens (including phenoxy) is 1. The molecule has 6 nitrogen and oxygen atoms in total. The summed E-state index contributed by atoms with van der Waals surface area (Å²) in [4.78, 5) is 34.1. The van der Waals surface area contributed by atoms with E-state index in [1.165, 1.54) is 18.9 Å². The topological polar surface area (TPSA) is 62.2 Å². The van der Waals surface area contributed by atoms with Gasteiger partial charge >= 0.3 is 5.97 Å². The minimum absolute atomic E-state index is 0.129. The molecule has 0 aromatic heterocycles. The average molecular weight is 412 g/mol. The lowest BCUT2D eigenvalue weighted by Gasteiger charge is -2.36. The quantitative estimate of drug-likeness (QED) is 0.706. The highest BCUT2D eigenvalue weighted by atomic mass is 32.2. The zero-order valence-electron chi connectivity index (χ0n) is 17.0. The van der Waals surface area contributed by atoms with Gasteiger partial charge in [0.1, 0.15) is 0 Å². The van der Waals surface area contributed by atoms with Gasteiger partial charge in [0.15, 0.2) is 5.17 Å². The highest BCUT2D eigenvalue weighted by Crippen LogP contribution is 2.45. The molecular weight excluding hydrogens is 386 g/mol. The van der Waals surface area contributed by atoms with Gasteiger partial charge < -0.3 is 14.5 Å². The molecule has 0 bridgehead atoms. The molecule has 1 aromatic rings. The summed E-state index contributed by atoms with van der Waals surface area (Å²) in [5.74, 6) is -0.261. The largest absolute Gasteiger partial charge is 0.466 e. The molecule has 7 heteroatoms. The van der Waals surface area contributed by atoms with Crippen molar-refractivity contribution in [2.45, 2.75) is 39.2 Å². The van der Waals surface area contributed by atoms with Gasteiger partial charge in [0.2, 0.25) is 5.91 Å². The van der Waals surface area contributed by atoms with Gasteiger partial charge in [-0.15, -0.1) is 0 Å². The molecule has 3 aliphatic rings. The summed E-state index contributed by atoms with van der Waals surface area (Å²) in [6.45, 7) is 5.53. The smallest absolute Gasteiger partial charge is 0.338 e. The first-order valence-corrected chi connectivity index (χ1v) is 10.7. The Morgan fingerprint density at radius 2 is 2.00 bits per heavy atom. The molecule has 0 spiro atoms. The Morgan fingerprint density at radius 1 is 1.24 bits per heavy atom. The zero-order valence-corrected chi connectivity index (χ0v) is 17.8. The van der Waals surface area contributed by atoms with Crippen LogP contribution in [-0.4, -0.2) is 47.0 Å². The van der Waals surface area contributed by atoms with Gasteiger partial charge in [0.05, 0.1) is 30.8 Å². The average Bonchev–Trinajstić information content (AvgIpc) is 3.37. The molecule has 1 atom stereocenters. The summed E-state index contributed by atoms with van der Waals surface area (Å²) in [5, 5.41) is 2.79. The van der Waals surface area contributed by atoms with Crippen molar-refractivity contribution in [3.05, 3.63) is 57.8 Å². The van der Waals surface area contributed by atoms with Gasteiger partial charge in [-0.3, -0.25) is 4.79 Å². The Kier molecular flexibility index (Phi) is 5.50. The Morgan fingerprint density at radius 3 is 2.69 bits per heavy atom. The predicted octanol–water partition coefficient (Wildman–Crippen LogP) is 3.76. The van der Waals surface area contributed by atoms with Crippen LogP contribution >= 0.6 is 11.8 Å². The van der Waals surface area contributed by atoms with Crippen LogP contribution in [0.5, 0.6) is 0 Å². The number of carbonyl (C=O) groups is 2. The standard InChI is InChI=1S/C22H25N3O3S/c1-14-7-6-8-16(11-14)20-19(21(27)28-3)15(2)23-22-25(20)17(13-29-22)12-18(26)24-9-4-5-10-24/h6-8,11,13,20H,4-5,9-10,12H2,1-3H3. The van der Waals surface area contributed by atoms with E-state index in [1.54, 1.807) is 0 Å². The fraction of sp³-hybridized carbons (Fsp3) is 0.409. The minimum atomic E-state index is -0.390. The van der Waals surface area contributed by atoms with Crippen molar-refractivity contribution < 1.29 is 14.3 Å². The van der Waals surface area contributed by atoms with Crippen LogP contribution in [0.1, 0.15) is 43.4 Å². The summed E-state index contributed by atoms with van der Waals surface area (Å²) < 4.78 is 5.09. The molecule has 1 fully saturated rings. The molecule has 3 aliphatic heterocycles. The minimum Gasteiger partial charge on any atom is -0.466 e. The summed E-state index contributed by atoms with van der Waals surface area (Å²) in [6.07, 6.45) is 2.44. The van der Waals surface area contributed by atoms with E-state index >= 15 is 0 Å². The predicted molar refractivity (Wildman–Crippen MR) is 114 cm³/mol. The third-order valence-corrected chi connectivity index (χ3v) is 6.44. The number of thioether (sulfide) groups is 1. The van der Waals surface area contributed by atoms with E-state index in [9.17, 15) is 9.59 Å². The van der Waals surface area contributed by atoms with E-state index in [2.05, 4.69) is 11.1 Å². The molecule has 1 saturated heterocycles. The first-order chi connectivity index (χ1) is 14.0. The second-order valence-corrected chi connectivity index (χ2v) is 8.40. The lowest BCUT2D eigenvalue weighted by Crippen LogP contribution is -2.38. The monoisotopic (exact) mass is 411 g/mol. The second kappa shape index (κ2) is 8.06. The number of amides is 1. The van der Waals surface area contributed by atoms with Crippen molar-refractivity contribution in [2.75, 3.05) is 20.2 Å². The number of fused-ring (bicyclic) bond motifs is 1. The Balaban J connectivity index is 1.72. The maximum Gasteiger partial charge on any atom is 0.338 e. The van der Waals surface area contributed by atoms with Crippen molar-refractivity contribution in [2.24, 2.45) is 4.99 Å². The first-order valence-electron chi connectivity index (χ1n) is 9.86. The van der Waals surface area contributed by atoms with E-state index in [-0.39, 0.29) is 17.9 Å². The number of benzene rings is 1.